The number of carboxylic acids is 1. The Hall–Kier alpha value is -1.53. The van der Waals surface area contributed by atoms with E-state index in [2.05, 4.69) is 0 Å². The van der Waals surface area contributed by atoms with Gasteiger partial charge in [0.2, 0.25) is 0 Å². The van der Waals surface area contributed by atoms with E-state index in [1.54, 1.807) is 7.11 Å². The smallest absolute Gasteiger partial charge is 0.451 e. The molecule has 5 nitrogen and oxygen atoms in total. The predicted molar refractivity (Wildman–Crippen MR) is 74.8 cm³/mol. The van der Waals surface area contributed by atoms with Gasteiger partial charge < -0.3 is 19.9 Å². The molecule has 0 saturated heterocycles. The SMILES string of the molecule is COc1cccc2c1CC(CCCB(O)O)C2C(=O)O. The fraction of sp³-hybridized carbons (Fsp3) is 0.500. The summed E-state index contributed by atoms with van der Waals surface area (Å²) in [5.74, 6) is -0.640. The van der Waals surface area contributed by atoms with Crippen molar-refractivity contribution in [1.29, 1.82) is 0 Å². The molecule has 0 bridgehead atoms. The Kier molecular flexibility index (Phi) is 4.67. The fourth-order valence-electron chi connectivity index (χ4n) is 3.08. The summed E-state index contributed by atoms with van der Waals surface area (Å²) >= 11 is 0. The molecular formula is C14H19BO5. The molecule has 0 aliphatic heterocycles. The quantitative estimate of drug-likeness (QED) is 0.682. The van der Waals surface area contributed by atoms with E-state index in [0.29, 0.717) is 19.3 Å². The number of carboxylic acid groups (broad SMARTS) is 1. The highest BCUT2D eigenvalue weighted by Crippen LogP contribution is 2.44. The Morgan fingerprint density at radius 3 is 2.80 bits per heavy atom. The molecule has 0 saturated carbocycles. The zero-order chi connectivity index (χ0) is 14.7. The topological polar surface area (TPSA) is 87.0 Å². The molecule has 0 radical (unpaired) electrons. The van der Waals surface area contributed by atoms with Gasteiger partial charge in [0.15, 0.2) is 0 Å². The first kappa shape index (κ1) is 14.9. The molecule has 6 heteroatoms. The molecule has 1 aromatic carbocycles. The molecule has 3 N–H and O–H groups in total. The lowest BCUT2D eigenvalue weighted by Crippen LogP contribution is -2.18. The van der Waals surface area contributed by atoms with E-state index in [9.17, 15) is 9.90 Å². The van der Waals surface area contributed by atoms with Crippen molar-refractivity contribution in [3.05, 3.63) is 29.3 Å². The van der Waals surface area contributed by atoms with Gasteiger partial charge in [-0.25, -0.2) is 0 Å². The zero-order valence-electron chi connectivity index (χ0n) is 11.5. The lowest BCUT2D eigenvalue weighted by molar-refractivity contribution is -0.139. The first-order chi connectivity index (χ1) is 9.54. The Morgan fingerprint density at radius 2 is 2.20 bits per heavy atom. The van der Waals surface area contributed by atoms with E-state index in [1.165, 1.54) is 0 Å². The summed E-state index contributed by atoms with van der Waals surface area (Å²) in [5, 5.41) is 27.2. The minimum atomic E-state index is -1.32. The van der Waals surface area contributed by atoms with Crippen molar-refractivity contribution in [2.24, 2.45) is 5.92 Å². The molecule has 1 aliphatic carbocycles. The second kappa shape index (κ2) is 6.28. The Morgan fingerprint density at radius 1 is 1.45 bits per heavy atom. The highest BCUT2D eigenvalue weighted by molar-refractivity contribution is 6.40. The van der Waals surface area contributed by atoms with Gasteiger partial charge in [-0.3, -0.25) is 4.79 Å². The van der Waals surface area contributed by atoms with Gasteiger partial charge in [-0.1, -0.05) is 18.6 Å². The van der Waals surface area contributed by atoms with Crippen molar-refractivity contribution in [2.45, 2.75) is 31.5 Å². The van der Waals surface area contributed by atoms with Gasteiger partial charge in [0.1, 0.15) is 5.75 Å². The molecule has 2 rings (SSSR count). The maximum Gasteiger partial charge on any atom is 0.451 e. The molecule has 0 amide bonds. The van der Waals surface area contributed by atoms with Gasteiger partial charge in [-0.15, -0.1) is 0 Å². The first-order valence-corrected chi connectivity index (χ1v) is 6.79. The molecule has 0 fully saturated rings. The third kappa shape index (κ3) is 2.97. The van der Waals surface area contributed by atoms with Crippen LogP contribution >= 0.6 is 0 Å². The zero-order valence-corrected chi connectivity index (χ0v) is 11.5. The molecule has 1 aromatic rings. The summed E-state index contributed by atoms with van der Waals surface area (Å²) in [6, 6.07) is 5.50. The minimum absolute atomic E-state index is 0.0162. The molecule has 2 unspecified atom stereocenters. The normalized spacial score (nSPS) is 20.6. The second-order valence-electron chi connectivity index (χ2n) is 5.22. The maximum atomic E-state index is 11.5. The number of benzene rings is 1. The number of methoxy groups -OCH3 is 1. The lowest BCUT2D eigenvalue weighted by Gasteiger charge is -2.16. The molecule has 108 valence electrons. The summed E-state index contributed by atoms with van der Waals surface area (Å²) in [4.78, 5) is 11.5. The molecular weight excluding hydrogens is 259 g/mol. The highest BCUT2D eigenvalue weighted by atomic mass is 16.5. The van der Waals surface area contributed by atoms with Crippen LogP contribution in [0.25, 0.3) is 0 Å². The fourth-order valence-corrected chi connectivity index (χ4v) is 3.08. The molecule has 0 spiro atoms. The van der Waals surface area contributed by atoms with E-state index >= 15 is 0 Å². The Bertz CT molecular complexity index is 488. The van der Waals surface area contributed by atoms with Crippen LogP contribution in [0.15, 0.2) is 18.2 Å². The van der Waals surface area contributed by atoms with Crippen molar-refractivity contribution in [1.82, 2.24) is 0 Å². The molecule has 1 aliphatic rings. The Balaban J connectivity index is 2.18. The summed E-state index contributed by atoms with van der Waals surface area (Å²) in [6.45, 7) is 0. The van der Waals surface area contributed by atoms with Crippen LogP contribution in [-0.4, -0.2) is 35.4 Å². The van der Waals surface area contributed by atoms with E-state index in [-0.39, 0.29) is 12.2 Å². The van der Waals surface area contributed by atoms with Gasteiger partial charge in [0.25, 0.3) is 0 Å². The van der Waals surface area contributed by atoms with E-state index in [4.69, 9.17) is 14.8 Å². The number of hydrogen-bond acceptors (Lipinski definition) is 4. The van der Waals surface area contributed by atoms with E-state index in [1.807, 2.05) is 18.2 Å². The van der Waals surface area contributed by atoms with Crippen LogP contribution in [0.2, 0.25) is 6.32 Å². The van der Waals surface area contributed by atoms with Crippen molar-refractivity contribution >= 4 is 13.1 Å². The van der Waals surface area contributed by atoms with Gasteiger partial charge in [-0.2, -0.15) is 0 Å². The summed E-state index contributed by atoms with van der Waals surface area (Å²) in [7, 11) is 0.262. The average Bonchev–Trinajstić information content (AvgIpc) is 2.76. The maximum absolute atomic E-state index is 11.5. The summed E-state index contributed by atoms with van der Waals surface area (Å²) in [6.07, 6.45) is 2.20. The van der Waals surface area contributed by atoms with Crippen molar-refractivity contribution in [3.63, 3.8) is 0 Å². The molecule has 2 atom stereocenters. The average molecular weight is 278 g/mol. The Labute approximate surface area is 118 Å². The third-order valence-electron chi connectivity index (χ3n) is 3.97. The van der Waals surface area contributed by atoms with Gasteiger partial charge in [0, 0.05) is 0 Å². The van der Waals surface area contributed by atoms with Gasteiger partial charge in [-0.05, 0) is 42.3 Å². The number of rotatable bonds is 6. The number of fused-ring (bicyclic) bond motifs is 1. The summed E-state index contributed by atoms with van der Waals surface area (Å²) < 4.78 is 5.30. The minimum Gasteiger partial charge on any atom is -0.496 e. The van der Waals surface area contributed by atoms with Crippen LogP contribution in [0, 0.1) is 5.92 Å². The van der Waals surface area contributed by atoms with Crippen molar-refractivity contribution < 1.29 is 24.7 Å². The third-order valence-corrected chi connectivity index (χ3v) is 3.97. The second-order valence-corrected chi connectivity index (χ2v) is 5.22. The summed E-state index contributed by atoms with van der Waals surface area (Å²) in [5.41, 5.74) is 1.79. The molecule has 0 aromatic heterocycles. The van der Waals surface area contributed by atoms with E-state index < -0.39 is 19.0 Å². The van der Waals surface area contributed by atoms with Crippen molar-refractivity contribution in [2.75, 3.05) is 7.11 Å². The van der Waals surface area contributed by atoms with Gasteiger partial charge >= 0.3 is 13.1 Å². The number of ether oxygens (including phenoxy) is 1. The van der Waals surface area contributed by atoms with Crippen LogP contribution in [-0.2, 0) is 11.2 Å². The standard InChI is InChI=1S/C14H19BO5/c1-20-12-6-2-5-10-11(12)8-9(13(10)14(16)17)4-3-7-15(18)19/h2,5-6,9,13,18-19H,3-4,7-8H2,1H3,(H,16,17). The van der Waals surface area contributed by atoms with Crippen LogP contribution in [0.1, 0.15) is 29.9 Å². The van der Waals surface area contributed by atoms with Gasteiger partial charge in [0.05, 0.1) is 13.0 Å². The van der Waals surface area contributed by atoms with Crippen molar-refractivity contribution in [3.8, 4) is 5.75 Å². The predicted octanol–water partition coefficient (Wildman–Crippen LogP) is 1.29. The van der Waals surface area contributed by atoms with Crippen LogP contribution in [0.3, 0.4) is 0 Å². The van der Waals surface area contributed by atoms with E-state index in [0.717, 1.165) is 16.9 Å². The largest absolute Gasteiger partial charge is 0.496 e. The number of carbonyl (C=O) groups is 1. The lowest BCUT2D eigenvalue weighted by atomic mass is 9.80. The van der Waals surface area contributed by atoms with Crippen LogP contribution in [0.4, 0.5) is 0 Å². The van der Waals surface area contributed by atoms with Crippen LogP contribution < -0.4 is 4.74 Å². The van der Waals surface area contributed by atoms with Crippen LogP contribution in [0.5, 0.6) is 5.75 Å². The molecule has 20 heavy (non-hydrogen) atoms. The monoisotopic (exact) mass is 278 g/mol. The molecule has 0 heterocycles. The highest BCUT2D eigenvalue weighted by Gasteiger charge is 2.38. The first-order valence-electron chi connectivity index (χ1n) is 6.79. The number of hydrogen-bond donors (Lipinski definition) is 3. The number of aliphatic carboxylic acids is 1.